The summed E-state index contributed by atoms with van der Waals surface area (Å²) < 4.78 is 8.98. The third-order valence-electron chi connectivity index (χ3n) is 8.15. The molecule has 0 N–H and O–H groups in total. The second kappa shape index (κ2) is 11.5. The lowest BCUT2D eigenvalue weighted by Crippen LogP contribution is -1.98. The van der Waals surface area contributed by atoms with E-state index in [2.05, 4.69) is 94.5 Å². The van der Waals surface area contributed by atoms with Crippen molar-refractivity contribution in [2.24, 2.45) is 0 Å². The Labute approximate surface area is 266 Å². The van der Waals surface area contributed by atoms with Gasteiger partial charge in [0.1, 0.15) is 11.4 Å². The zero-order chi connectivity index (χ0) is 30.9. The standard InChI is InChI=1S/C41H26N4O/c42-26-28-12-10-16-31(24-28)40-39(27-43-41(44-40)29-13-2-1-3-14-29)46-38-23-9-6-18-33(38)30-15-11-17-32(25-30)45-36-21-7-4-19-34(36)35-20-5-8-22-37(35)45/h1-25,27H. The van der Waals surface area contributed by atoms with Gasteiger partial charge in [-0.1, -0.05) is 109 Å². The average Bonchev–Trinajstić information content (AvgIpc) is 3.47. The van der Waals surface area contributed by atoms with Crippen LogP contribution in [0.4, 0.5) is 0 Å². The number of rotatable bonds is 6. The van der Waals surface area contributed by atoms with E-state index in [1.807, 2.05) is 66.7 Å². The molecule has 0 aliphatic rings. The highest BCUT2D eigenvalue weighted by Crippen LogP contribution is 2.39. The van der Waals surface area contributed by atoms with Crippen LogP contribution in [0.3, 0.4) is 0 Å². The largest absolute Gasteiger partial charge is 0.453 e. The van der Waals surface area contributed by atoms with E-state index in [0.717, 1.165) is 39.0 Å². The molecule has 2 aromatic heterocycles. The lowest BCUT2D eigenvalue weighted by Gasteiger charge is -2.16. The molecule has 0 atom stereocenters. The Hall–Kier alpha value is -6.51. The molecule has 46 heavy (non-hydrogen) atoms. The normalized spacial score (nSPS) is 11.0. The molecule has 5 nitrogen and oxygen atoms in total. The maximum absolute atomic E-state index is 9.60. The Bertz CT molecular complexity index is 2370. The topological polar surface area (TPSA) is 63.7 Å². The number of fused-ring (bicyclic) bond motifs is 3. The smallest absolute Gasteiger partial charge is 0.172 e. The number of hydrogen-bond acceptors (Lipinski definition) is 4. The van der Waals surface area contributed by atoms with Crippen LogP contribution < -0.4 is 4.74 Å². The van der Waals surface area contributed by atoms with Crippen molar-refractivity contribution in [3.63, 3.8) is 0 Å². The van der Waals surface area contributed by atoms with Gasteiger partial charge in [-0.3, -0.25) is 0 Å². The molecule has 6 aromatic carbocycles. The van der Waals surface area contributed by atoms with Crippen molar-refractivity contribution in [2.45, 2.75) is 0 Å². The summed E-state index contributed by atoms with van der Waals surface area (Å²) in [4.78, 5) is 9.62. The van der Waals surface area contributed by atoms with Crippen molar-refractivity contribution in [2.75, 3.05) is 0 Å². The number of nitrogens with zero attached hydrogens (tertiary/aromatic N) is 4. The van der Waals surface area contributed by atoms with E-state index >= 15 is 0 Å². The fourth-order valence-corrected chi connectivity index (χ4v) is 6.04. The predicted octanol–water partition coefficient (Wildman–Crippen LogP) is 10.2. The number of aromatic nitrogens is 3. The third kappa shape index (κ3) is 4.85. The molecule has 0 saturated heterocycles. The Morgan fingerprint density at radius 1 is 0.565 bits per heavy atom. The fraction of sp³-hybridized carbons (Fsp3) is 0. The minimum Gasteiger partial charge on any atom is -0.453 e. The first-order valence-electron chi connectivity index (χ1n) is 15.1. The van der Waals surface area contributed by atoms with E-state index in [4.69, 9.17) is 9.72 Å². The van der Waals surface area contributed by atoms with E-state index in [1.54, 1.807) is 12.3 Å². The van der Waals surface area contributed by atoms with Crippen LogP contribution in [0.2, 0.25) is 0 Å². The Morgan fingerprint density at radius 2 is 1.22 bits per heavy atom. The fourth-order valence-electron chi connectivity index (χ4n) is 6.04. The van der Waals surface area contributed by atoms with E-state index in [9.17, 15) is 5.26 Å². The van der Waals surface area contributed by atoms with E-state index in [1.165, 1.54) is 10.8 Å². The van der Waals surface area contributed by atoms with Crippen molar-refractivity contribution < 1.29 is 4.74 Å². The Balaban J connectivity index is 1.24. The summed E-state index contributed by atoms with van der Waals surface area (Å²) in [7, 11) is 0. The molecule has 0 unspecified atom stereocenters. The van der Waals surface area contributed by atoms with Crippen molar-refractivity contribution in [3.05, 3.63) is 163 Å². The summed E-state index contributed by atoms with van der Waals surface area (Å²) >= 11 is 0. The van der Waals surface area contributed by atoms with Crippen molar-refractivity contribution in [1.29, 1.82) is 5.26 Å². The molecule has 0 spiro atoms. The lowest BCUT2D eigenvalue weighted by atomic mass is 10.0. The van der Waals surface area contributed by atoms with Crippen LogP contribution in [0.5, 0.6) is 11.5 Å². The van der Waals surface area contributed by atoms with Gasteiger partial charge >= 0.3 is 0 Å². The number of benzene rings is 6. The Morgan fingerprint density at radius 3 is 2.00 bits per heavy atom. The second-order valence-electron chi connectivity index (χ2n) is 11.0. The van der Waals surface area contributed by atoms with Gasteiger partial charge in [0.2, 0.25) is 0 Å². The van der Waals surface area contributed by atoms with Gasteiger partial charge in [0, 0.05) is 33.2 Å². The van der Waals surface area contributed by atoms with Crippen LogP contribution in [0, 0.1) is 11.3 Å². The molecule has 0 amide bonds. The third-order valence-corrected chi connectivity index (χ3v) is 8.15. The van der Waals surface area contributed by atoms with Crippen LogP contribution in [0.15, 0.2) is 158 Å². The zero-order valence-electron chi connectivity index (χ0n) is 24.7. The molecule has 0 saturated carbocycles. The van der Waals surface area contributed by atoms with E-state index in [0.29, 0.717) is 28.6 Å². The van der Waals surface area contributed by atoms with Crippen molar-refractivity contribution >= 4 is 21.8 Å². The minimum absolute atomic E-state index is 0.501. The molecule has 0 radical (unpaired) electrons. The van der Waals surface area contributed by atoms with Gasteiger partial charge in [-0.25, -0.2) is 9.97 Å². The number of hydrogen-bond donors (Lipinski definition) is 0. The van der Waals surface area contributed by atoms with Gasteiger partial charge in [0.15, 0.2) is 11.6 Å². The van der Waals surface area contributed by atoms with Crippen LogP contribution in [0.1, 0.15) is 5.56 Å². The number of nitriles is 1. The number of para-hydroxylation sites is 3. The maximum Gasteiger partial charge on any atom is 0.172 e. The summed E-state index contributed by atoms with van der Waals surface area (Å²) in [6, 6.07) is 53.0. The SMILES string of the molecule is N#Cc1cccc(-c2nc(-c3ccccc3)ncc2Oc2ccccc2-c2cccc(-n3c4ccccc4c4ccccc43)c2)c1. The van der Waals surface area contributed by atoms with Crippen LogP contribution in [-0.4, -0.2) is 14.5 Å². The van der Waals surface area contributed by atoms with Gasteiger partial charge in [-0.05, 0) is 48.0 Å². The average molecular weight is 591 g/mol. The molecular formula is C41H26N4O. The highest BCUT2D eigenvalue weighted by molar-refractivity contribution is 6.09. The van der Waals surface area contributed by atoms with Crippen LogP contribution >= 0.6 is 0 Å². The highest BCUT2D eigenvalue weighted by atomic mass is 16.5. The molecule has 216 valence electrons. The second-order valence-corrected chi connectivity index (χ2v) is 11.0. The summed E-state index contributed by atoms with van der Waals surface area (Å²) in [5.74, 6) is 1.76. The van der Waals surface area contributed by atoms with Gasteiger partial charge in [-0.15, -0.1) is 0 Å². The highest BCUT2D eigenvalue weighted by Gasteiger charge is 2.17. The Kier molecular flexibility index (Phi) is 6.79. The molecule has 0 fully saturated rings. The summed E-state index contributed by atoms with van der Waals surface area (Å²) in [6.45, 7) is 0. The van der Waals surface area contributed by atoms with Crippen LogP contribution in [-0.2, 0) is 0 Å². The molecule has 0 bridgehead atoms. The maximum atomic E-state index is 9.60. The molecule has 8 rings (SSSR count). The molecule has 8 aromatic rings. The van der Waals surface area contributed by atoms with Gasteiger partial charge in [-0.2, -0.15) is 5.26 Å². The van der Waals surface area contributed by atoms with Gasteiger partial charge in [0.25, 0.3) is 0 Å². The molecule has 5 heteroatoms. The zero-order valence-corrected chi connectivity index (χ0v) is 24.7. The van der Waals surface area contributed by atoms with Crippen molar-refractivity contribution in [1.82, 2.24) is 14.5 Å². The van der Waals surface area contributed by atoms with Gasteiger partial charge in [0.05, 0.1) is 28.9 Å². The minimum atomic E-state index is 0.501. The monoisotopic (exact) mass is 590 g/mol. The van der Waals surface area contributed by atoms with Gasteiger partial charge < -0.3 is 9.30 Å². The summed E-state index contributed by atoms with van der Waals surface area (Å²) in [5, 5.41) is 12.0. The molecule has 2 heterocycles. The summed E-state index contributed by atoms with van der Waals surface area (Å²) in [5.41, 5.74) is 8.17. The van der Waals surface area contributed by atoms with Crippen LogP contribution in [0.25, 0.3) is 61.3 Å². The first-order valence-corrected chi connectivity index (χ1v) is 15.1. The number of ether oxygens (including phenoxy) is 1. The lowest BCUT2D eigenvalue weighted by molar-refractivity contribution is 0.481. The molecule has 0 aliphatic heterocycles. The first kappa shape index (κ1) is 27.1. The molecular weight excluding hydrogens is 564 g/mol. The summed E-state index contributed by atoms with van der Waals surface area (Å²) in [6.07, 6.45) is 1.72. The quantitative estimate of drug-likeness (QED) is 0.193. The van der Waals surface area contributed by atoms with E-state index in [-0.39, 0.29) is 0 Å². The molecule has 0 aliphatic carbocycles. The predicted molar refractivity (Wildman–Crippen MR) is 184 cm³/mol. The van der Waals surface area contributed by atoms with E-state index < -0.39 is 0 Å². The first-order chi connectivity index (χ1) is 22.8. The van der Waals surface area contributed by atoms with Crippen molar-refractivity contribution in [3.8, 4) is 57.0 Å².